The minimum atomic E-state index is -3.03. The molecule has 0 aromatic heterocycles. The number of methoxy groups -OCH3 is 1. The van der Waals surface area contributed by atoms with Crippen LogP contribution in [0.15, 0.2) is 60.7 Å². The fourth-order valence-corrected chi connectivity index (χ4v) is 2.85. The third-order valence-corrected chi connectivity index (χ3v) is 4.34. The molecule has 0 atom stereocenters. The maximum absolute atomic E-state index is 12.8. The number of anilines is 2. The van der Waals surface area contributed by atoms with E-state index in [4.69, 9.17) is 10.5 Å². The van der Waals surface area contributed by atoms with Crippen molar-refractivity contribution in [3.63, 3.8) is 0 Å². The zero-order valence-corrected chi connectivity index (χ0v) is 16.2. The summed E-state index contributed by atoms with van der Waals surface area (Å²) in [6.07, 6.45) is 0. The SMILES string of the molecule is COc1ccc(-c2cc(NC(=O)c3ccc(N)c([N+](=O)[O-])c3)ccc2OC(F)F)cc1. The Kier molecular flexibility index (Phi) is 6.29. The molecule has 0 heterocycles. The zero-order valence-electron chi connectivity index (χ0n) is 16.2. The van der Waals surface area contributed by atoms with Crippen molar-refractivity contribution in [2.45, 2.75) is 6.61 Å². The molecule has 0 aliphatic rings. The third kappa shape index (κ3) is 5.04. The summed E-state index contributed by atoms with van der Waals surface area (Å²) in [5, 5.41) is 13.6. The number of alkyl halides is 2. The Morgan fingerprint density at radius 2 is 1.81 bits per heavy atom. The number of ether oxygens (including phenoxy) is 2. The molecule has 0 fully saturated rings. The highest BCUT2D eigenvalue weighted by Gasteiger charge is 2.17. The first-order valence-corrected chi connectivity index (χ1v) is 8.87. The Bertz CT molecular complexity index is 1120. The number of amides is 1. The first-order valence-electron chi connectivity index (χ1n) is 8.87. The molecular weight excluding hydrogens is 412 g/mol. The lowest BCUT2D eigenvalue weighted by Gasteiger charge is -2.14. The number of nitrogen functional groups attached to an aromatic ring is 1. The summed E-state index contributed by atoms with van der Waals surface area (Å²) in [7, 11) is 1.50. The van der Waals surface area contributed by atoms with Crippen LogP contribution >= 0.6 is 0 Å². The number of benzene rings is 3. The number of carbonyl (C=O) groups is 1. The zero-order chi connectivity index (χ0) is 22.5. The fourth-order valence-electron chi connectivity index (χ4n) is 2.85. The van der Waals surface area contributed by atoms with Crippen molar-refractivity contribution in [1.82, 2.24) is 0 Å². The van der Waals surface area contributed by atoms with Crippen molar-refractivity contribution in [2.75, 3.05) is 18.2 Å². The van der Waals surface area contributed by atoms with Gasteiger partial charge in [-0.15, -0.1) is 0 Å². The second-order valence-corrected chi connectivity index (χ2v) is 6.30. The second kappa shape index (κ2) is 9.08. The van der Waals surface area contributed by atoms with E-state index in [1.807, 2.05) is 0 Å². The second-order valence-electron chi connectivity index (χ2n) is 6.30. The molecule has 0 unspecified atom stereocenters. The van der Waals surface area contributed by atoms with Gasteiger partial charge in [-0.1, -0.05) is 12.1 Å². The first kappa shape index (κ1) is 21.5. The topological polar surface area (TPSA) is 117 Å². The van der Waals surface area contributed by atoms with Gasteiger partial charge in [-0.3, -0.25) is 14.9 Å². The molecule has 0 saturated carbocycles. The maximum atomic E-state index is 12.8. The quantitative estimate of drug-likeness (QED) is 0.319. The Morgan fingerprint density at radius 3 is 2.42 bits per heavy atom. The molecule has 3 aromatic carbocycles. The molecule has 0 saturated heterocycles. The largest absolute Gasteiger partial charge is 0.497 e. The van der Waals surface area contributed by atoms with E-state index in [1.54, 1.807) is 24.3 Å². The van der Waals surface area contributed by atoms with Gasteiger partial charge in [0.25, 0.3) is 11.6 Å². The smallest absolute Gasteiger partial charge is 0.387 e. The van der Waals surface area contributed by atoms with Crippen LogP contribution < -0.4 is 20.5 Å². The van der Waals surface area contributed by atoms with Gasteiger partial charge in [0, 0.05) is 22.9 Å². The van der Waals surface area contributed by atoms with Gasteiger partial charge in [0.1, 0.15) is 17.2 Å². The van der Waals surface area contributed by atoms with Gasteiger partial charge < -0.3 is 20.5 Å². The number of carbonyl (C=O) groups excluding carboxylic acids is 1. The summed E-state index contributed by atoms with van der Waals surface area (Å²) < 4.78 is 35.3. The molecule has 0 aliphatic carbocycles. The van der Waals surface area contributed by atoms with Gasteiger partial charge >= 0.3 is 6.61 Å². The van der Waals surface area contributed by atoms with Crippen LogP contribution in [0.25, 0.3) is 11.1 Å². The summed E-state index contributed by atoms with van der Waals surface area (Å²) >= 11 is 0. The van der Waals surface area contributed by atoms with Gasteiger partial charge in [-0.2, -0.15) is 8.78 Å². The highest BCUT2D eigenvalue weighted by atomic mass is 19.3. The first-order chi connectivity index (χ1) is 14.8. The normalized spacial score (nSPS) is 10.6. The van der Waals surface area contributed by atoms with Crippen LogP contribution in [0.5, 0.6) is 11.5 Å². The van der Waals surface area contributed by atoms with Gasteiger partial charge in [-0.25, -0.2) is 0 Å². The molecule has 0 spiro atoms. The van der Waals surface area contributed by atoms with E-state index in [9.17, 15) is 23.7 Å². The third-order valence-electron chi connectivity index (χ3n) is 4.34. The van der Waals surface area contributed by atoms with Crippen LogP contribution in [0.3, 0.4) is 0 Å². The van der Waals surface area contributed by atoms with Gasteiger partial charge in [-0.05, 0) is 48.0 Å². The molecular formula is C21H17F2N3O5. The van der Waals surface area contributed by atoms with Gasteiger partial charge in [0.2, 0.25) is 0 Å². The summed E-state index contributed by atoms with van der Waals surface area (Å²) in [4.78, 5) is 22.9. The Morgan fingerprint density at radius 1 is 1.10 bits per heavy atom. The number of nitrogens with zero attached hydrogens (tertiary/aromatic N) is 1. The van der Waals surface area contributed by atoms with Crippen molar-refractivity contribution in [2.24, 2.45) is 0 Å². The van der Waals surface area contributed by atoms with Crippen molar-refractivity contribution in [3.05, 3.63) is 76.3 Å². The average Bonchev–Trinajstić information content (AvgIpc) is 2.74. The molecule has 160 valence electrons. The Labute approximate surface area is 175 Å². The molecule has 1 amide bonds. The van der Waals surface area contributed by atoms with Crippen LogP contribution in [-0.4, -0.2) is 24.6 Å². The molecule has 10 heteroatoms. The molecule has 0 radical (unpaired) electrons. The van der Waals surface area contributed by atoms with Crippen LogP contribution in [0.1, 0.15) is 10.4 Å². The number of nitro benzene ring substituents is 1. The minimum Gasteiger partial charge on any atom is -0.497 e. The van der Waals surface area contributed by atoms with Crippen molar-refractivity contribution >= 4 is 23.0 Å². The van der Waals surface area contributed by atoms with Crippen LogP contribution in [-0.2, 0) is 0 Å². The van der Waals surface area contributed by atoms with Crippen molar-refractivity contribution < 1.29 is 28.0 Å². The van der Waals surface area contributed by atoms with Crippen molar-refractivity contribution in [1.29, 1.82) is 0 Å². The van der Waals surface area contributed by atoms with Gasteiger partial charge in [0.15, 0.2) is 0 Å². The van der Waals surface area contributed by atoms with Crippen LogP contribution in [0.4, 0.5) is 25.8 Å². The number of nitro groups is 1. The van der Waals surface area contributed by atoms with Crippen LogP contribution in [0.2, 0.25) is 0 Å². The van der Waals surface area contributed by atoms with E-state index in [2.05, 4.69) is 10.1 Å². The standard InChI is InChI=1S/C21H17F2N3O5/c1-30-15-6-2-12(3-7-15)16-11-14(5-9-19(16)31-21(22)23)25-20(27)13-4-8-17(24)18(10-13)26(28)29/h2-11,21H,24H2,1H3,(H,25,27). The Hall–Kier alpha value is -4.21. The maximum Gasteiger partial charge on any atom is 0.387 e. The number of halogens is 2. The molecule has 0 aliphatic heterocycles. The number of hydrogen-bond acceptors (Lipinski definition) is 6. The molecule has 31 heavy (non-hydrogen) atoms. The predicted octanol–water partition coefficient (Wildman–Crippen LogP) is 4.71. The number of nitrogens with one attached hydrogen (secondary N) is 1. The molecule has 3 aromatic rings. The van der Waals surface area contributed by atoms with E-state index >= 15 is 0 Å². The average molecular weight is 429 g/mol. The molecule has 8 nitrogen and oxygen atoms in total. The Balaban J connectivity index is 1.93. The van der Waals surface area contributed by atoms with E-state index < -0.39 is 23.1 Å². The van der Waals surface area contributed by atoms with E-state index in [0.717, 1.165) is 6.07 Å². The highest BCUT2D eigenvalue weighted by Crippen LogP contribution is 2.35. The summed E-state index contributed by atoms with van der Waals surface area (Å²) in [6.45, 7) is -3.03. The predicted molar refractivity (Wildman–Crippen MR) is 111 cm³/mol. The molecule has 0 bridgehead atoms. The van der Waals surface area contributed by atoms with Gasteiger partial charge in [0.05, 0.1) is 12.0 Å². The lowest BCUT2D eigenvalue weighted by molar-refractivity contribution is -0.383. The highest BCUT2D eigenvalue weighted by molar-refractivity contribution is 6.05. The lowest BCUT2D eigenvalue weighted by Crippen LogP contribution is -2.13. The number of nitrogens with two attached hydrogens (primary N) is 1. The monoisotopic (exact) mass is 429 g/mol. The minimum absolute atomic E-state index is 0.0137. The lowest BCUT2D eigenvalue weighted by atomic mass is 10.0. The van der Waals surface area contributed by atoms with Crippen LogP contribution in [0, 0.1) is 10.1 Å². The van der Waals surface area contributed by atoms with Crippen molar-refractivity contribution in [3.8, 4) is 22.6 Å². The molecule has 3 rings (SSSR count). The summed E-state index contributed by atoms with van der Waals surface area (Å²) in [6, 6.07) is 14.4. The van der Waals surface area contributed by atoms with E-state index in [0.29, 0.717) is 16.9 Å². The van der Waals surface area contributed by atoms with E-state index in [1.165, 1.54) is 37.4 Å². The summed E-state index contributed by atoms with van der Waals surface area (Å²) in [5.41, 5.74) is 6.23. The number of rotatable bonds is 7. The number of hydrogen-bond donors (Lipinski definition) is 2. The van der Waals surface area contributed by atoms with E-state index in [-0.39, 0.29) is 22.7 Å². The molecule has 3 N–H and O–H groups in total. The fraction of sp³-hybridized carbons (Fsp3) is 0.0952. The summed E-state index contributed by atoms with van der Waals surface area (Å²) in [5.74, 6) is -0.137.